The second-order valence-corrected chi connectivity index (χ2v) is 6.31. The van der Waals surface area contributed by atoms with Gasteiger partial charge in [0.1, 0.15) is 11.3 Å². The van der Waals surface area contributed by atoms with E-state index < -0.39 is 5.56 Å². The number of nitrogens with one attached hydrogen (secondary N) is 1. The number of pyridine rings is 1. The summed E-state index contributed by atoms with van der Waals surface area (Å²) in [5.41, 5.74) is 1.64. The van der Waals surface area contributed by atoms with Crippen LogP contribution in [-0.2, 0) is 6.54 Å². The van der Waals surface area contributed by atoms with E-state index in [1.165, 1.54) is 0 Å². The fourth-order valence-corrected chi connectivity index (χ4v) is 2.97. The van der Waals surface area contributed by atoms with Crippen LogP contribution in [0.5, 0.6) is 5.75 Å². The Balaban J connectivity index is 2.43. The normalized spacial score (nSPS) is 10.6. The monoisotopic (exact) mass is 362 g/mol. The average Bonchev–Trinajstić information content (AvgIpc) is 2.59. The van der Waals surface area contributed by atoms with Gasteiger partial charge in [0.25, 0.3) is 11.5 Å². The number of hydrogen-bond donors (Lipinski definition) is 1. The highest BCUT2D eigenvalue weighted by atomic mass is 35.5. The lowest BCUT2D eigenvalue weighted by atomic mass is 10.1. The highest BCUT2D eigenvalue weighted by molar-refractivity contribution is 6.32. The maximum atomic E-state index is 13.1. The summed E-state index contributed by atoms with van der Waals surface area (Å²) in [5, 5.41) is 0.414. The SMILES string of the molecule is CCCN(Cc1ccccc1OC)C(=O)c1c(C)c(Cl)c(C)[nH]c1=O. The minimum absolute atomic E-state index is 0.0962. The molecule has 0 bridgehead atoms. The third-order valence-corrected chi connectivity index (χ3v) is 4.68. The lowest BCUT2D eigenvalue weighted by Crippen LogP contribution is -2.36. The molecule has 0 radical (unpaired) electrons. The molecule has 0 unspecified atom stereocenters. The molecule has 2 rings (SSSR count). The van der Waals surface area contributed by atoms with E-state index in [9.17, 15) is 9.59 Å². The third-order valence-electron chi connectivity index (χ3n) is 4.11. The van der Waals surface area contributed by atoms with Crippen LogP contribution in [0.4, 0.5) is 0 Å². The smallest absolute Gasteiger partial charge is 0.261 e. The van der Waals surface area contributed by atoms with E-state index in [1.807, 2.05) is 31.2 Å². The Morgan fingerprint density at radius 1 is 1.28 bits per heavy atom. The molecule has 1 N–H and O–H groups in total. The Kier molecular flexibility index (Phi) is 6.26. The van der Waals surface area contributed by atoms with Crippen molar-refractivity contribution in [3.8, 4) is 5.75 Å². The first kappa shape index (κ1) is 19.1. The summed E-state index contributed by atoms with van der Waals surface area (Å²) in [6.45, 7) is 6.29. The zero-order chi connectivity index (χ0) is 18.6. The van der Waals surface area contributed by atoms with Gasteiger partial charge >= 0.3 is 0 Å². The number of H-pyrrole nitrogens is 1. The highest BCUT2D eigenvalue weighted by Crippen LogP contribution is 2.23. The summed E-state index contributed by atoms with van der Waals surface area (Å²) in [7, 11) is 1.60. The van der Waals surface area contributed by atoms with Crippen LogP contribution < -0.4 is 10.3 Å². The second-order valence-electron chi connectivity index (χ2n) is 5.93. The number of ether oxygens (including phenoxy) is 1. The molecular weight excluding hydrogens is 340 g/mol. The van der Waals surface area contributed by atoms with Crippen molar-refractivity contribution < 1.29 is 9.53 Å². The quantitative estimate of drug-likeness (QED) is 0.852. The van der Waals surface area contributed by atoms with Crippen LogP contribution in [0.15, 0.2) is 29.1 Å². The van der Waals surface area contributed by atoms with Crippen molar-refractivity contribution in [2.75, 3.05) is 13.7 Å². The van der Waals surface area contributed by atoms with Gasteiger partial charge in [-0.2, -0.15) is 0 Å². The molecule has 1 aromatic heterocycles. The summed E-state index contributed by atoms with van der Waals surface area (Å²) in [6, 6.07) is 7.54. The molecule has 1 aromatic carbocycles. The predicted octanol–water partition coefficient (Wildman–Crippen LogP) is 3.71. The Morgan fingerprint density at radius 2 is 1.96 bits per heavy atom. The van der Waals surface area contributed by atoms with Crippen molar-refractivity contribution in [1.82, 2.24) is 9.88 Å². The second kappa shape index (κ2) is 8.21. The van der Waals surface area contributed by atoms with E-state index in [0.29, 0.717) is 35.1 Å². The molecule has 134 valence electrons. The van der Waals surface area contributed by atoms with Crippen molar-refractivity contribution in [3.63, 3.8) is 0 Å². The number of nitrogens with zero attached hydrogens (tertiary/aromatic N) is 1. The molecule has 0 atom stereocenters. The number of carbonyl (C=O) groups is 1. The lowest BCUT2D eigenvalue weighted by molar-refractivity contribution is 0.0739. The first-order valence-corrected chi connectivity index (χ1v) is 8.58. The zero-order valence-electron chi connectivity index (χ0n) is 15.0. The number of carbonyl (C=O) groups excluding carboxylic acids is 1. The number of hydrogen-bond acceptors (Lipinski definition) is 3. The van der Waals surface area contributed by atoms with Crippen LogP contribution in [0.3, 0.4) is 0 Å². The Hall–Kier alpha value is -2.27. The van der Waals surface area contributed by atoms with E-state index in [0.717, 1.165) is 12.0 Å². The topological polar surface area (TPSA) is 62.4 Å². The summed E-state index contributed by atoms with van der Waals surface area (Å²) in [4.78, 5) is 29.7. The summed E-state index contributed by atoms with van der Waals surface area (Å²) < 4.78 is 5.37. The minimum atomic E-state index is -0.412. The molecule has 2 aromatic rings. The van der Waals surface area contributed by atoms with Crippen molar-refractivity contribution in [1.29, 1.82) is 0 Å². The number of amides is 1. The van der Waals surface area contributed by atoms with Crippen molar-refractivity contribution in [2.24, 2.45) is 0 Å². The van der Waals surface area contributed by atoms with Crippen molar-refractivity contribution in [2.45, 2.75) is 33.7 Å². The molecule has 0 saturated carbocycles. The van der Waals surface area contributed by atoms with Crippen LogP contribution >= 0.6 is 11.6 Å². The van der Waals surface area contributed by atoms with Gasteiger partial charge in [-0.1, -0.05) is 36.7 Å². The number of methoxy groups -OCH3 is 1. The van der Waals surface area contributed by atoms with E-state index in [-0.39, 0.29) is 11.5 Å². The molecule has 25 heavy (non-hydrogen) atoms. The van der Waals surface area contributed by atoms with Gasteiger partial charge in [0, 0.05) is 24.3 Å². The van der Waals surface area contributed by atoms with Crippen LogP contribution in [0, 0.1) is 13.8 Å². The molecule has 5 nitrogen and oxygen atoms in total. The summed E-state index contributed by atoms with van der Waals surface area (Å²) >= 11 is 6.23. The first-order chi connectivity index (χ1) is 11.9. The van der Waals surface area contributed by atoms with Gasteiger partial charge in [0.15, 0.2) is 0 Å². The summed E-state index contributed by atoms with van der Waals surface area (Å²) in [6.07, 6.45) is 0.775. The van der Waals surface area contributed by atoms with Crippen LogP contribution in [0.25, 0.3) is 0 Å². The number of benzene rings is 1. The Labute approximate surface area is 152 Å². The molecule has 0 aliphatic heterocycles. The van der Waals surface area contributed by atoms with Gasteiger partial charge in [-0.25, -0.2) is 0 Å². The van der Waals surface area contributed by atoms with E-state index in [4.69, 9.17) is 16.3 Å². The van der Waals surface area contributed by atoms with Crippen molar-refractivity contribution >= 4 is 17.5 Å². The number of aromatic amines is 1. The minimum Gasteiger partial charge on any atom is -0.496 e. The number of aryl methyl sites for hydroxylation is 1. The molecule has 0 aliphatic carbocycles. The Bertz CT molecular complexity index is 830. The number of para-hydroxylation sites is 1. The first-order valence-electron chi connectivity index (χ1n) is 8.20. The lowest BCUT2D eigenvalue weighted by Gasteiger charge is -2.24. The number of rotatable bonds is 6. The maximum Gasteiger partial charge on any atom is 0.261 e. The predicted molar refractivity (Wildman–Crippen MR) is 99.6 cm³/mol. The highest BCUT2D eigenvalue weighted by Gasteiger charge is 2.23. The van der Waals surface area contributed by atoms with Crippen LogP contribution in [-0.4, -0.2) is 29.4 Å². The molecule has 1 amide bonds. The molecule has 0 saturated heterocycles. The summed E-state index contributed by atoms with van der Waals surface area (Å²) in [5.74, 6) is 0.386. The number of halogens is 1. The van der Waals surface area contributed by atoms with Crippen molar-refractivity contribution in [3.05, 3.63) is 62.0 Å². The molecule has 1 heterocycles. The van der Waals surface area contributed by atoms with Crippen LogP contribution in [0.2, 0.25) is 5.02 Å². The number of aromatic nitrogens is 1. The molecule has 0 fully saturated rings. The molecular formula is C19H23ClN2O3. The fourth-order valence-electron chi connectivity index (χ4n) is 2.83. The van der Waals surface area contributed by atoms with Gasteiger partial charge in [-0.05, 0) is 31.9 Å². The average molecular weight is 363 g/mol. The van der Waals surface area contributed by atoms with Crippen LogP contribution in [0.1, 0.15) is 40.5 Å². The molecule has 6 heteroatoms. The van der Waals surface area contributed by atoms with Gasteiger partial charge < -0.3 is 14.6 Å². The molecule has 0 aliphatic rings. The van der Waals surface area contributed by atoms with E-state index >= 15 is 0 Å². The van der Waals surface area contributed by atoms with E-state index in [1.54, 1.807) is 25.9 Å². The standard InChI is InChI=1S/C19H23ClN2O3/c1-5-10-22(11-14-8-6-7-9-15(14)25-4)19(24)16-12(2)17(20)13(3)21-18(16)23/h6-9H,5,10-11H2,1-4H3,(H,21,23). The van der Waals surface area contributed by atoms with Gasteiger partial charge in [0.2, 0.25) is 0 Å². The maximum absolute atomic E-state index is 13.1. The van der Waals surface area contributed by atoms with E-state index in [2.05, 4.69) is 4.98 Å². The molecule has 0 spiro atoms. The van der Waals surface area contributed by atoms with Gasteiger partial charge in [0.05, 0.1) is 12.1 Å². The largest absolute Gasteiger partial charge is 0.496 e. The van der Waals surface area contributed by atoms with Gasteiger partial charge in [-0.15, -0.1) is 0 Å². The Morgan fingerprint density at radius 3 is 2.60 bits per heavy atom. The third kappa shape index (κ3) is 4.04. The van der Waals surface area contributed by atoms with Gasteiger partial charge in [-0.3, -0.25) is 9.59 Å². The fraction of sp³-hybridized carbons (Fsp3) is 0.368. The zero-order valence-corrected chi connectivity index (χ0v) is 15.7.